The number of hydrogen-bond donors (Lipinski definition) is 2. The van der Waals surface area contributed by atoms with Crippen molar-refractivity contribution in [3.63, 3.8) is 0 Å². The normalized spacial score (nSPS) is 12.8. The highest BCUT2D eigenvalue weighted by atomic mass is 16.5. The molecule has 1 rings (SSSR count). The quantitative estimate of drug-likeness (QED) is 0.763. The Hall–Kier alpha value is -1.06. The number of hydrogen-bond acceptors (Lipinski definition) is 3. The molecule has 96 valence electrons. The third-order valence-electron chi connectivity index (χ3n) is 2.71. The van der Waals surface area contributed by atoms with Crippen LogP contribution in [0.15, 0.2) is 24.3 Å². The summed E-state index contributed by atoms with van der Waals surface area (Å²) in [4.78, 5) is 0. The van der Waals surface area contributed by atoms with Crippen molar-refractivity contribution < 1.29 is 9.84 Å². The first-order chi connectivity index (χ1) is 8.17. The number of ether oxygens (including phenoxy) is 1. The fourth-order valence-electron chi connectivity index (χ4n) is 1.61. The van der Waals surface area contributed by atoms with Crippen LogP contribution in [0.3, 0.4) is 0 Å². The SMILES string of the molecule is CCNC(CO)COc1ccc(C(C)C)cc1. The maximum Gasteiger partial charge on any atom is 0.119 e. The summed E-state index contributed by atoms with van der Waals surface area (Å²) in [6, 6.07) is 8.14. The molecule has 0 amide bonds. The lowest BCUT2D eigenvalue weighted by molar-refractivity contribution is 0.184. The lowest BCUT2D eigenvalue weighted by atomic mass is 10.0. The first-order valence-electron chi connectivity index (χ1n) is 6.24. The van der Waals surface area contributed by atoms with Crippen molar-refractivity contribution in [2.75, 3.05) is 19.8 Å². The van der Waals surface area contributed by atoms with E-state index in [1.165, 1.54) is 5.56 Å². The Kier molecular flexibility index (Phi) is 6.01. The van der Waals surface area contributed by atoms with Crippen molar-refractivity contribution >= 4 is 0 Å². The maximum absolute atomic E-state index is 9.11. The van der Waals surface area contributed by atoms with E-state index in [1.54, 1.807) is 0 Å². The molecular weight excluding hydrogens is 214 g/mol. The predicted molar refractivity (Wildman–Crippen MR) is 70.6 cm³/mol. The van der Waals surface area contributed by atoms with Crippen LogP contribution in [0.2, 0.25) is 0 Å². The molecule has 1 aromatic carbocycles. The molecule has 17 heavy (non-hydrogen) atoms. The summed E-state index contributed by atoms with van der Waals surface area (Å²) in [5.41, 5.74) is 1.31. The van der Waals surface area contributed by atoms with E-state index in [2.05, 4.69) is 31.3 Å². The Morgan fingerprint density at radius 3 is 2.35 bits per heavy atom. The van der Waals surface area contributed by atoms with Gasteiger partial charge in [-0.1, -0.05) is 32.9 Å². The average Bonchev–Trinajstić information content (AvgIpc) is 2.35. The van der Waals surface area contributed by atoms with Crippen LogP contribution in [0, 0.1) is 0 Å². The summed E-state index contributed by atoms with van der Waals surface area (Å²) in [5.74, 6) is 1.39. The number of nitrogens with one attached hydrogen (secondary N) is 1. The van der Waals surface area contributed by atoms with Gasteiger partial charge in [-0.2, -0.15) is 0 Å². The van der Waals surface area contributed by atoms with Gasteiger partial charge in [-0.25, -0.2) is 0 Å². The minimum atomic E-state index is 0.00442. The lowest BCUT2D eigenvalue weighted by Gasteiger charge is -2.16. The van der Waals surface area contributed by atoms with E-state index < -0.39 is 0 Å². The van der Waals surface area contributed by atoms with Gasteiger partial charge in [0.15, 0.2) is 0 Å². The lowest BCUT2D eigenvalue weighted by Crippen LogP contribution is -2.37. The predicted octanol–water partition coefficient (Wildman–Crippen LogP) is 2.16. The summed E-state index contributed by atoms with van der Waals surface area (Å²) in [5, 5.41) is 12.3. The van der Waals surface area contributed by atoms with Crippen LogP contribution < -0.4 is 10.1 Å². The molecule has 1 aromatic rings. The molecule has 3 nitrogen and oxygen atoms in total. The number of rotatable bonds is 7. The molecule has 0 aliphatic carbocycles. The van der Waals surface area contributed by atoms with E-state index in [9.17, 15) is 0 Å². The topological polar surface area (TPSA) is 41.5 Å². The van der Waals surface area contributed by atoms with E-state index in [-0.39, 0.29) is 12.6 Å². The molecule has 1 atom stereocenters. The maximum atomic E-state index is 9.11. The summed E-state index contributed by atoms with van der Waals surface area (Å²) in [6.07, 6.45) is 0. The fraction of sp³-hybridized carbons (Fsp3) is 0.571. The van der Waals surface area contributed by atoms with E-state index in [0.717, 1.165) is 12.3 Å². The second kappa shape index (κ2) is 7.30. The van der Waals surface area contributed by atoms with Crippen molar-refractivity contribution in [2.45, 2.75) is 32.7 Å². The van der Waals surface area contributed by atoms with E-state index in [0.29, 0.717) is 12.5 Å². The zero-order valence-corrected chi connectivity index (χ0v) is 10.9. The van der Waals surface area contributed by atoms with Gasteiger partial charge >= 0.3 is 0 Å². The van der Waals surface area contributed by atoms with E-state index in [1.807, 2.05) is 19.1 Å². The largest absolute Gasteiger partial charge is 0.492 e. The minimum Gasteiger partial charge on any atom is -0.492 e. The molecule has 0 spiro atoms. The monoisotopic (exact) mass is 237 g/mol. The summed E-state index contributed by atoms with van der Waals surface area (Å²) < 4.78 is 5.62. The molecule has 0 bridgehead atoms. The number of aliphatic hydroxyl groups excluding tert-OH is 1. The van der Waals surface area contributed by atoms with Gasteiger partial charge in [-0.15, -0.1) is 0 Å². The van der Waals surface area contributed by atoms with Gasteiger partial charge < -0.3 is 15.2 Å². The van der Waals surface area contributed by atoms with Gasteiger partial charge in [0.05, 0.1) is 12.6 Å². The van der Waals surface area contributed by atoms with Gasteiger partial charge in [0.1, 0.15) is 12.4 Å². The molecule has 3 heteroatoms. The van der Waals surface area contributed by atoms with Crippen LogP contribution in [0.1, 0.15) is 32.3 Å². The van der Waals surface area contributed by atoms with Gasteiger partial charge in [0.25, 0.3) is 0 Å². The third kappa shape index (κ3) is 4.75. The standard InChI is InChI=1S/C14H23NO2/c1-4-15-13(9-16)10-17-14-7-5-12(6-8-14)11(2)3/h5-8,11,13,15-16H,4,9-10H2,1-3H3. The highest BCUT2D eigenvalue weighted by Crippen LogP contribution is 2.18. The molecule has 0 radical (unpaired) electrons. The molecule has 1 unspecified atom stereocenters. The summed E-state index contributed by atoms with van der Waals surface area (Å²) >= 11 is 0. The van der Waals surface area contributed by atoms with Gasteiger partial charge in [-0.3, -0.25) is 0 Å². The highest BCUT2D eigenvalue weighted by molar-refractivity contribution is 5.28. The first kappa shape index (κ1) is 14.0. The average molecular weight is 237 g/mol. The smallest absolute Gasteiger partial charge is 0.119 e. The van der Waals surface area contributed by atoms with Crippen LogP contribution in [-0.2, 0) is 0 Å². The van der Waals surface area contributed by atoms with Crippen molar-refractivity contribution in [1.29, 1.82) is 0 Å². The van der Waals surface area contributed by atoms with Crippen molar-refractivity contribution in [2.24, 2.45) is 0 Å². The Morgan fingerprint density at radius 2 is 1.88 bits per heavy atom. The van der Waals surface area contributed by atoms with E-state index >= 15 is 0 Å². The van der Waals surface area contributed by atoms with Gasteiger partial charge in [0, 0.05) is 0 Å². The zero-order valence-electron chi connectivity index (χ0n) is 10.9. The molecule has 0 fully saturated rings. The van der Waals surface area contributed by atoms with Gasteiger partial charge in [0.2, 0.25) is 0 Å². The molecule has 2 N–H and O–H groups in total. The van der Waals surface area contributed by atoms with Crippen LogP contribution in [0.25, 0.3) is 0 Å². The Morgan fingerprint density at radius 1 is 1.24 bits per heavy atom. The highest BCUT2D eigenvalue weighted by Gasteiger charge is 2.06. The summed E-state index contributed by atoms with van der Waals surface area (Å²) in [6.45, 7) is 7.77. The molecule has 0 aliphatic heterocycles. The Labute approximate surface area is 104 Å². The zero-order chi connectivity index (χ0) is 12.7. The Balaban J connectivity index is 2.46. The second-order valence-corrected chi connectivity index (χ2v) is 4.47. The van der Waals surface area contributed by atoms with E-state index in [4.69, 9.17) is 9.84 Å². The summed E-state index contributed by atoms with van der Waals surface area (Å²) in [7, 11) is 0. The van der Waals surface area contributed by atoms with Crippen LogP contribution in [-0.4, -0.2) is 30.9 Å². The third-order valence-corrected chi connectivity index (χ3v) is 2.71. The molecule has 0 aliphatic rings. The van der Waals surface area contributed by atoms with Crippen LogP contribution in [0.4, 0.5) is 0 Å². The number of benzene rings is 1. The molecule has 0 heterocycles. The second-order valence-electron chi connectivity index (χ2n) is 4.47. The fourth-order valence-corrected chi connectivity index (χ4v) is 1.61. The molecule has 0 saturated heterocycles. The van der Waals surface area contributed by atoms with Crippen molar-refractivity contribution in [3.8, 4) is 5.75 Å². The van der Waals surface area contributed by atoms with Crippen molar-refractivity contribution in [1.82, 2.24) is 5.32 Å². The van der Waals surface area contributed by atoms with Crippen LogP contribution in [0.5, 0.6) is 5.75 Å². The molecular formula is C14H23NO2. The first-order valence-corrected chi connectivity index (χ1v) is 6.24. The van der Waals surface area contributed by atoms with Crippen LogP contribution >= 0.6 is 0 Å². The van der Waals surface area contributed by atoms with Crippen molar-refractivity contribution in [3.05, 3.63) is 29.8 Å². The Bertz CT molecular complexity index is 309. The number of aliphatic hydroxyl groups is 1. The van der Waals surface area contributed by atoms with Gasteiger partial charge in [-0.05, 0) is 30.2 Å². The molecule has 0 aromatic heterocycles. The number of likely N-dealkylation sites (N-methyl/N-ethyl adjacent to an activating group) is 1. The minimum absolute atomic E-state index is 0.00442. The molecule has 0 saturated carbocycles.